The van der Waals surface area contributed by atoms with Gasteiger partial charge >= 0.3 is 0 Å². The van der Waals surface area contributed by atoms with Crippen LogP contribution in [0.1, 0.15) is 30.0 Å². The van der Waals surface area contributed by atoms with Crippen LogP contribution in [0.2, 0.25) is 0 Å². The summed E-state index contributed by atoms with van der Waals surface area (Å²) in [4.78, 5) is 18.1. The minimum Gasteiger partial charge on any atom is -0.451 e. The van der Waals surface area contributed by atoms with E-state index in [1.807, 2.05) is 39.0 Å². The van der Waals surface area contributed by atoms with E-state index in [1.54, 1.807) is 17.3 Å². The minimum absolute atomic E-state index is 0.0577. The van der Waals surface area contributed by atoms with Crippen molar-refractivity contribution in [3.63, 3.8) is 0 Å². The van der Waals surface area contributed by atoms with Crippen LogP contribution < -0.4 is 0 Å². The molecule has 0 radical (unpaired) electrons. The van der Waals surface area contributed by atoms with E-state index in [9.17, 15) is 4.79 Å². The molecule has 2 aromatic rings. The maximum absolute atomic E-state index is 12.3. The van der Waals surface area contributed by atoms with Crippen LogP contribution in [0.15, 0.2) is 35.0 Å². The van der Waals surface area contributed by atoms with E-state index >= 15 is 0 Å². The zero-order valence-corrected chi connectivity index (χ0v) is 11.5. The van der Waals surface area contributed by atoms with Crippen molar-refractivity contribution in [2.24, 2.45) is 0 Å². The molecule has 0 aliphatic heterocycles. The lowest BCUT2D eigenvalue weighted by Gasteiger charge is -2.17. The van der Waals surface area contributed by atoms with Gasteiger partial charge in [0.1, 0.15) is 5.76 Å². The predicted molar refractivity (Wildman–Crippen MR) is 73.9 cm³/mol. The first kappa shape index (κ1) is 13.3. The molecule has 1 amide bonds. The van der Waals surface area contributed by atoms with Crippen LogP contribution in [0, 0.1) is 6.92 Å². The molecule has 100 valence electrons. The second-order valence-corrected chi connectivity index (χ2v) is 4.34. The van der Waals surface area contributed by atoms with Crippen LogP contribution in [0.3, 0.4) is 0 Å². The fourth-order valence-corrected chi connectivity index (χ4v) is 2.00. The van der Waals surface area contributed by atoms with Crippen LogP contribution in [-0.2, 0) is 0 Å². The molecule has 0 aromatic carbocycles. The summed E-state index contributed by atoms with van der Waals surface area (Å²) in [5, 5.41) is 0. The Kier molecular flexibility index (Phi) is 4.00. The number of carbonyl (C=O) groups excluding carboxylic acids is 1. The first-order chi connectivity index (χ1) is 9.17. The largest absolute Gasteiger partial charge is 0.451 e. The Labute approximate surface area is 113 Å². The van der Waals surface area contributed by atoms with Gasteiger partial charge in [0.25, 0.3) is 5.91 Å². The normalized spacial score (nSPS) is 10.5. The molecule has 2 rings (SSSR count). The zero-order chi connectivity index (χ0) is 13.8. The lowest BCUT2D eigenvalue weighted by atomic mass is 10.2. The van der Waals surface area contributed by atoms with E-state index in [0.717, 1.165) is 11.1 Å². The number of pyridine rings is 1. The van der Waals surface area contributed by atoms with Gasteiger partial charge in [-0.15, -0.1) is 0 Å². The van der Waals surface area contributed by atoms with E-state index in [1.165, 1.54) is 0 Å². The van der Waals surface area contributed by atoms with Gasteiger partial charge in [0.2, 0.25) is 0 Å². The third-order valence-corrected chi connectivity index (χ3v) is 3.11. The quantitative estimate of drug-likeness (QED) is 0.846. The van der Waals surface area contributed by atoms with Crippen molar-refractivity contribution in [2.75, 3.05) is 13.1 Å². The van der Waals surface area contributed by atoms with Gasteiger partial charge < -0.3 is 9.32 Å². The maximum atomic E-state index is 12.3. The number of hydrogen-bond acceptors (Lipinski definition) is 3. The Balaban J connectivity index is 2.34. The summed E-state index contributed by atoms with van der Waals surface area (Å²) in [5.74, 6) is 1.04. The molecule has 0 aliphatic carbocycles. The number of furan rings is 1. The number of aromatic nitrogens is 1. The Morgan fingerprint density at radius 3 is 2.68 bits per heavy atom. The molecule has 0 bridgehead atoms. The van der Waals surface area contributed by atoms with E-state index in [4.69, 9.17) is 4.42 Å². The number of aryl methyl sites for hydroxylation is 1. The highest BCUT2D eigenvalue weighted by molar-refractivity contribution is 5.93. The molecule has 0 unspecified atom stereocenters. The maximum Gasteiger partial charge on any atom is 0.289 e. The van der Waals surface area contributed by atoms with E-state index in [-0.39, 0.29) is 5.91 Å². The molecule has 19 heavy (non-hydrogen) atoms. The van der Waals surface area contributed by atoms with E-state index in [0.29, 0.717) is 24.6 Å². The molecular formula is C15H18N2O2. The molecule has 2 aromatic heterocycles. The molecule has 0 saturated carbocycles. The van der Waals surface area contributed by atoms with Gasteiger partial charge in [-0.3, -0.25) is 9.78 Å². The van der Waals surface area contributed by atoms with Crippen LogP contribution in [0.25, 0.3) is 11.3 Å². The number of nitrogens with zero attached hydrogens (tertiary/aromatic N) is 2. The van der Waals surface area contributed by atoms with Crippen molar-refractivity contribution in [3.05, 3.63) is 41.9 Å². The molecule has 0 fully saturated rings. The second-order valence-electron chi connectivity index (χ2n) is 4.34. The van der Waals surface area contributed by atoms with Gasteiger partial charge in [0.15, 0.2) is 5.76 Å². The summed E-state index contributed by atoms with van der Waals surface area (Å²) < 4.78 is 5.72. The van der Waals surface area contributed by atoms with Crippen LogP contribution in [0.5, 0.6) is 0 Å². The first-order valence-electron chi connectivity index (χ1n) is 6.47. The molecule has 0 aliphatic rings. The lowest BCUT2D eigenvalue weighted by Crippen LogP contribution is -2.30. The van der Waals surface area contributed by atoms with Crippen molar-refractivity contribution in [1.82, 2.24) is 9.88 Å². The van der Waals surface area contributed by atoms with E-state index < -0.39 is 0 Å². The molecule has 4 heteroatoms. The predicted octanol–water partition coefficient (Wildman–Crippen LogP) is 3.13. The summed E-state index contributed by atoms with van der Waals surface area (Å²) in [5.41, 5.74) is 1.74. The average Bonchev–Trinajstić information content (AvgIpc) is 2.83. The molecule has 0 saturated heterocycles. The standard InChI is InChI=1S/C15H18N2O2/c1-4-17(5-2)15(18)14-11(3)9-13(19-14)12-7-6-8-16-10-12/h6-10H,4-5H2,1-3H3. The Morgan fingerprint density at radius 1 is 1.37 bits per heavy atom. The van der Waals surface area contributed by atoms with Crippen molar-refractivity contribution < 1.29 is 9.21 Å². The van der Waals surface area contributed by atoms with Crippen molar-refractivity contribution in [1.29, 1.82) is 0 Å². The van der Waals surface area contributed by atoms with Gasteiger partial charge in [-0.2, -0.15) is 0 Å². The van der Waals surface area contributed by atoms with Gasteiger partial charge in [-0.05, 0) is 39.0 Å². The van der Waals surface area contributed by atoms with Gasteiger partial charge in [-0.25, -0.2) is 0 Å². The molecule has 2 heterocycles. The molecule has 4 nitrogen and oxygen atoms in total. The van der Waals surface area contributed by atoms with Crippen LogP contribution in [0.4, 0.5) is 0 Å². The highest BCUT2D eigenvalue weighted by Crippen LogP contribution is 2.25. The second kappa shape index (κ2) is 5.69. The number of hydrogen-bond donors (Lipinski definition) is 0. The summed E-state index contributed by atoms with van der Waals surface area (Å²) in [6, 6.07) is 5.64. The number of carbonyl (C=O) groups is 1. The van der Waals surface area contributed by atoms with Crippen molar-refractivity contribution in [3.8, 4) is 11.3 Å². The smallest absolute Gasteiger partial charge is 0.289 e. The zero-order valence-electron chi connectivity index (χ0n) is 11.5. The molecule has 0 spiro atoms. The average molecular weight is 258 g/mol. The highest BCUT2D eigenvalue weighted by atomic mass is 16.4. The number of rotatable bonds is 4. The topological polar surface area (TPSA) is 46.3 Å². The fraction of sp³-hybridized carbons (Fsp3) is 0.333. The fourth-order valence-electron chi connectivity index (χ4n) is 2.00. The minimum atomic E-state index is -0.0577. The molecule has 0 atom stereocenters. The van der Waals surface area contributed by atoms with Crippen LogP contribution >= 0.6 is 0 Å². The summed E-state index contributed by atoms with van der Waals surface area (Å²) >= 11 is 0. The van der Waals surface area contributed by atoms with Gasteiger partial charge in [-0.1, -0.05) is 0 Å². The van der Waals surface area contributed by atoms with Gasteiger partial charge in [0, 0.05) is 36.6 Å². The van der Waals surface area contributed by atoms with Crippen LogP contribution in [-0.4, -0.2) is 28.9 Å². The Hall–Kier alpha value is -2.10. The highest BCUT2D eigenvalue weighted by Gasteiger charge is 2.20. The summed E-state index contributed by atoms with van der Waals surface area (Å²) in [6.45, 7) is 7.17. The SMILES string of the molecule is CCN(CC)C(=O)c1oc(-c2cccnc2)cc1C. The summed E-state index contributed by atoms with van der Waals surface area (Å²) in [6.07, 6.45) is 3.44. The molecular weight excluding hydrogens is 240 g/mol. The molecule has 0 N–H and O–H groups in total. The number of amides is 1. The first-order valence-corrected chi connectivity index (χ1v) is 6.47. The van der Waals surface area contributed by atoms with Crippen molar-refractivity contribution >= 4 is 5.91 Å². The van der Waals surface area contributed by atoms with Gasteiger partial charge in [0.05, 0.1) is 0 Å². The Bertz CT molecular complexity index is 557. The lowest BCUT2D eigenvalue weighted by molar-refractivity contribution is 0.0741. The third-order valence-electron chi connectivity index (χ3n) is 3.11. The van der Waals surface area contributed by atoms with Crippen molar-refractivity contribution in [2.45, 2.75) is 20.8 Å². The third kappa shape index (κ3) is 2.67. The Morgan fingerprint density at radius 2 is 2.11 bits per heavy atom. The van der Waals surface area contributed by atoms with E-state index in [2.05, 4.69) is 4.98 Å². The monoisotopic (exact) mass is 258 g/mol. The summed E-state index contributed by atoms with van der Waals surface area (Å²) in [7, 11) is 0.